The Labute approximate surface area is 246 Å². The molecule has 1 aromatic rings. The number of hydrogen-bond donors (Lipinski definition) is 2. The van der Waals surface area contributed by atoms with Crippen LogP contribution < -0.4 is 15.4 Å². The largest absolute Gasteiger partial charge is 0.483 e. The van der Waals surface area contributed by atoms with E-state index in [0.29, 0.717) is 6.54 Å². The topological polar surface area (TPSA) is 145 Å². The summed E-state index contributed by atoms with van der Waals surface area (Å²) in [4.78, 5) is 78.7. The summed E-state index contributed by atoms with van der Waals surface area (Å²) in [5.41, 5.74) is 0.127. The van der Waals surface area contributed by atoms with Crippen LogP contribution in [0, 0.1) is 10.8 Å². The molecule has 228 valence electrons. The monoisotopic (exact) mass is 583 g/mol. The van der Waals surface area contributed by atoms with Crippen LogP contribution in [0.5, 0.6) is 5.75 Å². The van der Waals surface area contributed by atoms with Gasteiger partial charge in [0.2, 0.25) is 18.2 Å². The number of benzene rings is 1. The van der Waals surface area contributed by atoms with Crippen molar-refractivity contribution < 1.29 is 33.5 Å². The van der Waals surface area contributed by atoms with Crippen LogP contribution in [0.3, 0.4) is 0 Å². The van der Waals surface area contributed by atoms with Gasteiger partial charge in [0.1, 0.15) is 11.8 Å². The molecule has 2 N–H and O–H groups in total. The van der Waals surface area contributed by atoms with Gasteiger partial charge >= 0.3 is 0 Å². The van der Waals surface area contributed by atoms with Crippen molar-refractivity contribution in [3.8, 4) is 5.75 Å². The number of rotatable bonds is 12. The normalized spacial score (nSPS) is 20.0. The summed E-state index contributed by atoms with van der Waals surface area (Å²) in [6.07, 6.45) is 2.71. The third-order valence-corrected chi connectivity index (χ3v) is 8.08. The van der Waals surface area contributed by atoms with E-state index in [1.165, 1.54) is 12.1 Å². The number of carbonyl (C=O) groups is 6. The fourth-order valence-electron chi connectivity index (χ4n) is 6.41. The average molecular weight is 584 g/mol. The highest BCUT2D eigenvalue weighted by Crippen LogP contribution is 2.37. The van der Waals surface area contributed by atoms with Crippen molar-refractivity contribution >= 4 is 35.9 Å². The molecule has 2 saturated heterocycles. The highest BCUT2D eigenvalue weighted by Gasteiger charge is 2.46. The van der Waals surface area contributed by atoms with Crippen molar-refractivity contribution in [2.45, 2.75) is 59.4 Å². The van der Waals surface area contributed by atoms with E-state index < -0.39 is 29.7 Å². The van der Waals surface area contributed by atoms with Crippen LogP contribution in [0.4, 0.5) is 0 Å². The molecule has 3 aliphatic heterocycles. The lowest BCUT2D eigenvalue weighted by Crippen LogP contribution is -2.54. The summed E-state index contributed by atoms with van der Waals surface area (Å²) < 4.78 is 5.68. The zero-order chi connectivity index (χ0) is 30.7. The standard InChI is InChI=1S/C30H41N5O7/c1-29(2,17-30(3,4)18-33-12-14-34(19-36)15-13-33)10-11-31-24(38)16-42-22-7-5-6-20-25(22)28(41)35(27(20)40)21-8-9-23(37)32-26(21)39/h5-7,19,21H,8-18H2,1-4H3,(H,31,38)(H,32,37,39). The number of fused-ring (bicyclic) bond motifs is 1. The fraction of sp³-hybridized carbons (Fsp3) is 0.600. The van der Waals surface area contributed by atoms with Crippen LogP contribution in [-0.2, 0) is 19.2 Å². The van der Waals surface area contributed by atoms with Gasteiger partial charge in [0.25, 0.3) is 17.7 Å². The lowest BCUT2D eigenvalue weighted by atomic mass is 9.73. The van der Waals surface area contributed by atoms with Gasteiger partial charge in [-0.15, -0.1) is 0 Å². The third kappa shape index (κ3) is 7.33. The van der Waals surface area contributed by atoms with E-state index in [9.17, 15) is 28.8 Å². The van der Waals surface area contributed by atoms with Gasteiger partial charge in [-0.2, -0.15) is 0 Å². The van der Waals surface area contributed by atoms with E-state index in [0.717, 1.165) is 56.9 Å². The predicted molar refractivity (Wildman–Crippen MR) is 152 cm³/mol. The van der Waals surface area contributed by atoms with Crippen molar-refractivity contribution in [2.75, 3.05) is 45.9 Å². The summed E-state index contributed by atoms with van der Waals surface area (Å²) >= 11 is 0. The number of amides is 6. The van der Waals surface area contributed by atoms with E-state index in [1.807, 2.05) is 0 Å². The molecule has 3 heterocycles. The molecule has 6 amide bonds. The molecule has 0 aliphatic carbocycles. The lowest BCUT2D eigenvalue weighted by molar-refractivity contribution is -0.136. The van der Waals surface area contributed by atoms with Crippen LogP contribution >= 0.6 is 0 Å². The summed E-state index contributed by atoms with van der Waals surface area (Å²) in [5.74, 6) is -2.71. The smallest absolute Gasteiger partial charge is 0.266 e. The summed E-state index contributed by atoms with van der Waals surface area (Å²) in [6, 6.07) is 3.46. The number of piperazine rings is 1. The first-order valence-corrected chi connectivity index (χ1v) is 14.5. The van der Waals surface area contributed by atoms with Crippen LogP contribution in [0.2, 0.25) is 0 Å². The van der Waals surface area contributed by atoms with Gasteiger partial charge in [-0.25, -0.2) is 0 Å². The highest BCUT2D eigenvalue weighted by atomic mass is 16.5. The Morgan fingerprint density at radius 1 is 1.05 bits per heavy atom. The Hall–Kier alpha value is -3.80. The SMILES string of the molecule is CC(C)(CCNC(=O)COc1cccc2c1C(=O)N(C1CCC(=O)NC1=O)C2=O)CC(C)(C)CN1CCN(C=O)CC1. The van der Waals surface area contributed by atoms with E-state index in [4.69, 9.17) is 4.74 Å². The Morgan fingerprint density at radius 2 is 1.76 bits per heavy atom. The molecule has 2 fully saturated rings. The Kier molecular flexibility index (Phi) is 9.34. The number of piperidine rings is 1. The third-order valence-electron chi connectivity index (χ3n) is 8.08. The van der Waals surface area contributed by atoms with Crippen LogP contribution in [-0.4, -0.2) is 103 Å². The van der Waals surface area contributed by atoms with E-state index in [1.54, 1.807) is 11.0 Å². The van der Waals surface area contributed by atoms with Gasteiger partial charge in [-0.1, -0.05) is 33.8 Å². The van der Waals surface area contributed by atoms with Crippen LogP contribution in [0.25, 0.3) is 0 Å². The van der Waals surface area contributed by atoms with Gasteiger partial charge in [0.05, 0.1) is 11.1 Å². The highest BCUT2D eigenvalue weighted by molar-refractivity contribution is 6.24. The van der Waals surface area contributed by atoms with E-state index >= 15 is 0 Å². The first-order valence-electron chi connectivity index (χ1n) is 14.5. The minimum atomic E-state index is -1.08. The molecule has 3 aliphatic rings. The predicted octanol–water partition coefficient (Wildman–Crippen LogP) is 1.19. The van der Waals surface area contributed by atoms with Gasteiger partial charge < -0.3 is 15.0 Å². The van der Waals surface area contributed by atoms with Gasteiger partial charge in [-0.3, -0.25) is 43.9 Å². The number of hydrogen-bond acceptors (Lipinski definition) is 8. The van der Waals surface area contributed by atoms with Crippen molar-refractivity contribution in [2.24, 2.45) is 10.8 Å². The number of nitrogens with one attached hydrogen (secondary N) is 2. The average Bonchev–Trinajstić information content (AvgIpc) is 3.17. The van der Waals surface area contributed by atoms with Gasteiger partial charge in [0, 0.05) is 45.7 Å². The van der Waals surface area contributed by atoms with Crippen molar-refractivity contribution in [3.05, 3.63) is 29.3 Å². The molecular weight excluding hydrogens is 542 g/mol. The lowest BCUT2D eigenvalue weighted by Gasteiger charge is -2.41. The number of imide groups is 2. The zero-order valence-electron chi connectivity index (χ0n) is 24.9. The summed E-state index contributed by atoms with van der Waals surface area (Å²) in [6.45, 7) is 13.2. The zero-order valence-corrected chi connectivity index (χ0v) is 24.9. The molecule has 0 saturated carbocycles. The maximum Gasteiger partial charge on any atom is 0.266 e. The molecule has 12 heteroatoms. The number of ether oxygens (including phenoxy) is 1. The molecule has 12 nitrogen and oxygen atoms in total. The molecule has 0 aromatic heterocycles. The molecule has 0 radical (unpaired) electrons. The number of carbonyl (C=O) groups excluding carboxylic acids is 6. The first-order chi connectivity index (χ1) is 19.8. The second-order valence-electron chi connectivity index (χ2n) is 12.9. The van der Waals surface area contributed by atoms with E-state index in [-0.39, 0.29) is 53.1 Å². The Balaban J connectivity index is 1.26. The quantitative estimate of drug-likeness (QED) is 0.276. The molecule has 0 spiro atoms. The summed E-state index contributed by atoms with van der Waals surface area (Å²) in [5, 5.41) is 5.06. The first kappa shape index (κ1) is 31.1. The van der Waals surface area contributed by atoms with Crippen molar-refractivity contribution in [3.63, 3.8) is 0 Å². The summed E-state index contributed by atoms with van der Waals surface area (Å²) in [7, 11) is 0. The van der Waals surface area contributed by atoms with Crippen molar-refractivity contribution in [1.82, 2.24) is 25.3 Å². The molecule has 42 heavy (non-hydrogen) atoms. The molecule has 0 bridgehead atoms. The second kappa shape index (κ2) is 12.6. The molecular formula is C30H41N5O7. The van der Waals surface area contributed by atoms with Gasteiger partial charge in [-0.05, 0) is 42.2 Å². The number of nitrogens with zero attached hydrogens (tertiary/aromatic N) is 3. The van der Waals surface area contributed by atoms with Crippen LogP contribution in [0.15, 0.2) is 18.2 Å². The molecule has 4 rings (SSSR count). The van der Waals surface area contributed by atoms with Crippen molar-refractivity contribution in [1.29, 1.82) is 0 Å². The minimum Gasteiger partial charge on any atom is -0.483 e. The maximum absolute atomic E-state index is 13.2. The van der Waals surface area contributed by atoms with Gasteiger partial charge in [0.15, 0.2) is 6.61 Å². The minimum absolute atomic E-state index is 0.0101. The Bertz CT molecular complexity index is 1250. The second-order valence-corrected chi connectivity index (χ2v) is 12.9. The molecule has 1 aromatic carbocycles. The van der Waals surface area contributed by atoms with Crippen LogP contribution in [0.1, 0.15) is 74.1 Å². The molecule has 1 unspecified atom stereocenters. The molecule has 1 atom stereocenters. The Morgan fingerprint density at radius 3 is 2.43 bits per heavy atom. The fourth-order valence-corrected chi connectivity index (χ4v) is 6.41. The van der Waals surface area contributed by atoms with E-state index in [2.05, 4.69) is 43.2 Å². The maximum atomic E-state index is 13.2.